The quantitative estimate of drug-likeness (QED) is 0.480. The summed E-state index contributed by atoms with van der Waals surface area (Å²) in [6.45, 7) is 2.35. The van der Waals surface area contributed by atoms with E-state index in [9.17, 15) is 9.59 Å². The summed E-state index contributed by atoms with van der Waals surface area (Å²) in [5.74, 6) is -0.392. The van der Waals surface area contributed by atoms with Crippen molar-refractivity contribution in [3.63, 3.8) is 0 Å². The summed E-state index contributed by atoms with van der Waals surface area (Å²) in [5, 5.41) is -0.723. The molecule has 0 spiro atoms. The molecule has 1 aliphatic rings. The highest BCUT2D eigenvalue weighted by Gasteiger charge is 2.40. The summed E-state index contributed by atoms with van der Waals surface area (Å²) in [6.07, 6.45) is 0. The van der Waals surface area contributed by atoms with Crippen molar-refractivity contribution in [1.82, 2.24) is 4.90 Å². The lowest BCUT2D eigenvalue weighted by Gasteiger charge is -2.11. The van der Waals surface area contributed by atoms with E-state index in [-0.39, 0.29) is 11.7 Å². The maximum atomic E-state index is 12.2. The van der Waals surface area contributed by atoms with E-state index >= 15 is 0 Å². The molecule has 0 N–H and O–H groups in total. The Morgan fingerprint density at radius 2 is 2.06 bits per heavy atom. The molecule has 1 fully saturated rings. The van der Waals surface area contributed by atoms with Gasteiger partial charge in [0.05, 0.1) is 0 Å². The van der Waals surface area contributed by atoms with Gasteiger partial charge in [0.15, 0.2) is 11.0 Å². The number of hydrogen-bond acceptors (Lipinski definition) is 4. The van der Waals surface area contributed by atoms with Gasteiger partial charge in [0.1, 0.15) is 4.32 Å². The van der Waals surface area contributed by atoms with E-state index in [4.69, 9.17) is 12.2 Å². The standard InChI is InChI=1S/C12H10BrNO2S2/c1-2-14-11(16)10(18-12(14)17)9(15)7-3-5-8(13)6-4-7/h3-6,10H,2H2,1H3. The van der Waals surface area contributed by atoms with Crippen LogP contribution in [0.3, 0.4) is 0 Å². The Hall–Kier alpha value is -0.720. The molecule has 1 heterocycles. The highest BCUT2D eigenvalue weighted by Crippen LogP contribution is 2.29. The first kappa shape index (κ1) is 13.7. The van der Waals surface area contributed by atoms with E-state index in [2.05, 4.69) is 15.9 Å². The van der Waals surface area contributed by atoms with Crippen molar-refractivity contribution >= 4 is 55.9 Å². The number of rotatable bonds is 3. The number of carbonyl (C=O) groups excluding carboxylic acids is 2. The fourth-order valence-electron chi connectivity index (χ4n) is 1.66. The van der Waals surface area contributed by atoms with Crippen molar-refractivity contribution in [2.75, 3.05) is 6.54 Å². The maximum Gasteiger partial charge on any atom is 0.249 e. The summed E-state index contributed by atoms with van der Waals surface area (Å²) < 4.78 is 1.38. The molecule has 0 saturated carbocycles. The number of hydrogen-bond donors (Lipinski definition) is 0. The molecule has 0 bridgehead atoms. The zero-order valence-corrected chi connectivity index (χ0v) is 12.8. The van der Waals surface area contributed by atoms with Crippen molar-refractivity contribution in [3.8, 4) is 0 Å². The highest BCUT2D eigenvalue weighted by molar-refractivity contribution is 9.10. The first-order chi connectivity index (χ1) is 8.54. The minimum Gasteiger partial charge on any atom is -0.297 e. The van der Waals surface area contributed by atoms with Crippen LogP contribution in [-0.2, 0) is 4.79 Å². The molecule has 3 nitrogen and oxygen atoms in total. The molecule has 2 rings (SSSR count). The molecule has 1 aromatic rings. The summed E-state index contributed by atoms with van der Waals surface area (Å²) in [6, 6.07) is 6.98. The predicted molar refractivity (Wildman–Crippen MR) is 79.8 cm³/mol. The van der Waals surface area contributed by atoms with E-state index < -0.39 is 5.25 Å². The molecule has 1 atom stereocenters. The minimum absolute atomic E-state index is 0.184. The van der Waals surface area contributed by atoms with Gasteiger partial charge in [-0.05, 0) is 19.1 Å². The third-order valence-corrected chi connectivity index (χ3v) is 4.72. The van der Waals surface area contributed by atoms with Crippen molar-refractivity contribution < 1.29 is 9.59 Å². The van der Waals surface area contributed by atoms with Gasteiger partial charge in [-0.2, -0.15) is 0 Å². The zero-order chi connectivity index (χ0) is 13.3. The largest absolute Gasteiger partial charge is 0.297 e. The number of nitrogens with zero attached hydrogens (tertiary/aromatic N) is 1. The van der Waals surface area contributed by atoms with Gasteiger partial charge in [-0.15, -0.1) is 0 Å². The predicted octanol–water partition coefficient (Wildman–Crippen LogP) is 2.88. The number of ketones is 1. The number of benzene rings is 1. The molecule has 1 amide bonds. The smallest absolute Gasteiger partial charge is 0.249 e. The third kappa shape index (κ3) is 2.50. The van der Waals surface area contributed by atoms with Crippen LogP contribution in [0.5, 0.6) is 0 Å². The molecule has 18 heavy (non-hydrogen) atoms. The first-order valence-electron chi connectivity index (χ1n) is 5.36. The van der Waals surface area contributed by atoms with Crippen LogP contribution in [0, 0.1) is 0 Å². The fourth-order valence-corrected chi connectivity index (χ4v) is 3.45. The van der Waals surface area contributed by atoms with Crippen LogP contribution in [0.15, 0.2) is 28.7 Å². The second-order valence-electron chi connectivity index (χ2n) is 3.72. The summed E-state index contributed by atoms with van der Waals surface area (Å²) in [4.78, 5) is 25.7. The molecule has 1 saturated heterocycles. The maximum absolute atomic E-state index is 12.2. The number of Topliss-reactive ketones (excluding diaryl/α,β-unsaturated/α-hetero) is 1. The Kier molecular flexibility index (Phi) is 4.19. The average molecular weight is 344 g/mol. The van der Waals surface area contributed by atoms with E-state index in [1.807, 2.05) is 6.92 Å². The molecule has 1 aliphatic heterocycles. The second kappa shape index (κ2) is 5.50. The van der Waals surface area contributed by atoms with Crippen molar-refractivity contribution in [3.05, 3.63) is 34.3 Å². The van der Waals surface area contributed by atoms with Gasteiger partial charge < -0.3 is 0 Å². The SMILES string of the molecule is CCN1C(=O)C(C(=O)c2ccc(Br)cc2)SC1=S. The van der Waals surface area contributed by atoms with Crippen molar-refractivity contribution in [2.24, 2.45) is 0 Å². The number of thiocarbonyl (C=S) groups is 1. The van der Waals surface area contributed by atoms with Crippen molar-refractivity contribution in [2.45, 2.75) is 12.2 Å². The monoisotopic (exact) mass is 343 g/mol. The van der Waals surface area contributed by atoms with Crippen LogP contribution < -0.4 is 0 Å². The van der Waals surface area contributed by atoms with Gasteiger partial charge >= 0.3 is 0 Å². The number of halogens is 1. The molecule has 1 unspecified atom stereocenters. The van der Waals surface area contributed by atoms with Crippen LogP contribution in [0.2, 0.25) is 0 Å². The van der Waals surface area contributed by atoms with Gasteiger partial charge in [-0.1, -0.05) is 52.0 Å². The normalized spacial score (nSPS) is 19.4. The summed E-state index contributed by atoms with van der Waals surface area (Å²) >= 11 is 9.56. The Balaban J connectivity index is 2.23. The lowest BCUT2D eigenvalue weighted by molar-refractivity contribution is -0.125. The number of amides is 1. The van der Waals surface area contributed by atoms with E-state index in [1.165, 1.54) is 4.90 Å². The first-order valence-corrected chi connectivity index (χ1v) is 7.44. The number of thioether (sulfide) groups is 1. The number of carbonyl (C=O) groups is 2. The lowest BCUT2D eigenvalue weighted by atomic mass is 10.1. The van der Waals surface area contributed by atoms with E-state index in [1.54, 1.807) is 24.3 Å². The van der Waals surface area contributed by atoms with Gasteiger partial charge in [0.25, 0.3) is 0 Å². The second-order valence-corrected chi connectivity index (χ2v) is 6.37. The van der Waals surface area contributed by atoms with Crippen LogP contribution in [0.4, 0.5) is 0 Å². The van der Waals surface area contributed by atoms with Gasteiger partial charge in [0.2, 0.25) is 5.91 Å². The molecular formula is C12H10BrNO2S2. The van der Waals surface area contributed by atoms with Crippen LogP contribution in [-0.4, -0.2) is 32.7 Å². The molecule has 0 aromatic heterocycles. The fraction of sp³-hybridized carbons (Fsp3) is 0.250. The van der Waals surface area contributed by atoms with E-state index in [0.29, 0.717) is 16.4 Å². The Bertz CT molecular complexity index is 515. The molecule has 6 heteroatoms. The lowest BCUT2D eigenvalue weighted by Crippen LogP contribution is -2.34. The Morgan fingerprint density at radius 3 is 2.56 bits per heavy atom. The average Bonchev–Trinajstić information content (AvgIpc) is 2.64. The molecule has 0 radical (unpaired) electrons. The molecule has 1 aromatic carbocycles. The third-order valence-electron chi connectivity index (χ3n) is 2.61. The summed E-state index contributed by atoms with van der Waals surface area (Å²) in [7, 11) is 0. The zero-order valence-electron chi connectivity index (χ0n) is 9.55. The summed E-state index contributed by atoms with van der Waals surface area (Å²) in [5.41, 5.74) is 0.532. The van der Waals surface area contributed by atoms with Crippen LogP contribution >= 0.6 is 39.9 Å². The molecular weight excluding hydrogens is 334 g/mol. The molecule has 94 valence electrons. The Labute approximate surface area is 123 Å². The van der Waals surface area contributed by atoms with Crippen LogP contribution in [0.1, 0.15) is 17.3 Å². The van der Waals surface area contributed by atoms with E-state index in [0.717, 1.165) is 16.2 Å². The topological polar surface area (TPSA) is 37.4 Å². The van der Waals surface area contributed by atoms with Crippen molar-refractivity contribution in [1.29, 1.82) is 0 Å². The van der Waals surface area contributed by atoms with Gasteiger partial charge in [0, 0.05) is 16.6 Å². The molecule has 0 aliphatic carbocycles. The highest BCUT2D eigenvalue weighted by atomic mass is 79.9. The van der Waals surface area contributed by atoms with Gasteiger partial charge in [-0.3, -0.25) is 14.5 Å². The minimum atomic E-state index is -0.723. The Morgan fingerprint density at radius 1 is 1.44 bits per heavy atom. The van der Waals surface area contributed by atoms with Crippen LogP contribution in [0.25, 0.3) is 0 Å². The van der Waals surface area contributed by atoms with Gasteiger partial charge in [-0.25, -0.2) is 0 Å².